The Labute approximate surface area is 113 Å². The zero-order valence-electron chi connectivity index (χ0n) is 9.98. The Morgan fingerprint density at radius 1 is 1.50 bits per heavy atom. The van der Waals surface area contributed by atoms with E-state index in [0.717, 1.165) is 16.6 Å². The fourth-order valence-electron chi connectivity index (χ4n) is 1.61. The lowest BCUT2D eigenvalue weighted by Gasteiger charge is -2.04. The molecule has 96 valence electrons. The lowest BCUT2D eigenvalue weighted by Crippen LogP contribution is -2.08. The summed E-state index contributed by atoms with van der Waals surface area (Å²) < 4.78 is 16.0. The molecule has 1 atom stereocenters. The maximum absolute atomic E-state index is 13.6. The van der Waals surface area contributed by atoms with E-state index in [1.165, 1.54) is 6.07 Å². The summed E-state index contributed by atoms with van der Waals surface area (Å²) in [4.78, 5) is 0. The van der Waals surface area contributed by atoms with Crippen LogP contribution in [0.1, 0.15) is 30.6 Å². The van der Waals surface area contributed by atoms with Gasteiger partial charge in [-0.3, -0.25) is 0 Å². The van der Waals surface area contributed by atoms with Gasteiger partial charge in [-0.05, 0) is 24.6 Å². The third kappa shape index (κ3) is 2.94. The van der Waals surface area contributed by atoms with E-state index < -0.39 is 0 Å². The quantitative estimate of drug-likeness (QED) is 0.944. The first-order valence-corrected chi connectivity index (χ1v) is 6.49. The maximum atomic E-state index is 13.6. The third-order valence-corrected chi connectivity index (χ3v) is 3.21. The van der Waals surface area contributed by atoms with Crippen LogP contribution in [0.2, 0.25) is 0 Å². The molecule has 0 amide bonds. The van der Waals surface area contributed by atoms with Crippen molar-refractivity contribution in [1.29, 1.82) is 0 Å². The molecule has 2 rings (SSSR count). The molecule has 4 nitrogen and oxygen atoms in total. The minimum absolute atomic E-state index is 0.119. The summed E-state index contributed by atoms with van der Waals surface area (Å²) in [5.41, 5.74) is 7.15. The van der Waals surface area contributed by atoms with Gasteiger partial charge in [0.15, 0.2) is 0 Å². The standard InChI is InChI=1S/C12H14BrFN4/c1-2-11(15)12-7-18(17-16-12)6-8-5-9(13)3-4-10(8)14/h3-5,7,11H,2,6,15H2,1H3. The second kappa shape index (κ2) is 5.58. The molecule has 0 aliphatic carbocycles. The van der Waals surface area contributed by atoms with Crippen LogP contribution in [0.15, 0.2) is 28.9 Å². The topological polar surface area (TPSA) is 56.7 Å². The molecule has 6 heteroatoms. The molecular weight excluding hydrogens is 299 g/mol. The van der Waals surface area contributed by atoms with Gasteiger partial charge < -0.3 is 5.73 Å². The van der Waals surface area contributed by atoms with Crippen LogP contribution in [0.3, 0.4) is 0 Å². The van der Waals surface area contributed by atoms with Crippen LogP contribution in [0.25, 0.3) is 0 Å². The molecule has 0 fully saturated rings. The molecule has 0 saturated heterocycles. The normalized spacial score (nSPS) is 12.7. The van der Waals surface area contributed by atoms with Gasteiger partial charge in [0.05, 0.1) is 24.5 Å². The first kappa shape index (κ1) is 13.2. The van der Waals surface area contributed by atoms with E-state index in [-0.39, 0.29) is 11.9 Å². The van der Waals surface area contributed by atoms with Crippen LogP contribution < -0.4 is 5.73 Å². The molecule has 1 unspecified atom stereocenters. The van der Waals surface area contributed by atoms with Gasteiger partial charge in [0, 0.05) is 10.0 Å². The Kier molecular flexibility index (Phi) is 4.08. The van der Waals surface area contributed by atoms with Gasteiger partial charge >= 0.3 is 0 Å². The summed E-state index contributed by atoms with van der Waals surface area (Å²) in [6.45, 7) is 2.33. The van der Waals surface area contributed by atoms with Crippen molar-refractivity contribution in [3.63, 3.8) is 0 Å². The number of hydrogen-bond acceptors (Lipinski definition) is 3. The molecule has 18 heavy (non-hydrogen) atoms. The van der Waals surface area contributed by atoms with Crippen LogP contribution in [0.5, 0.6) is 0 Å². The van der Waals surface area contributed by atoms with E-state index in [2.05, 4.69) is 26.2 Å². The molecule has 1 aromatic carbocycles. The van der Waals surface area contributed by atoms with Crippen molar-refractivity contribution in [3.8, 4) is 0 Å². The molecular formula is C12H14BrFN4. The predicted octanol–water partition coefficient (Wildman–Crippen LogP) is 2.64. The highest BCUT2D eigenvalue weighted by molar-refractivity contribution is 9.10. The van der Waals surface area contributed by atoms with Gasteiger partial charge in [-0.2, -0.15) is 0 Å². The van der Waals surface area contributed by atoms with Crippen molar-refractivity contribution in [3.05, 3.63) is 45.9 Å². The average molecular weight is 313 g/mol. The average Bonchev–Trinajstić information content (AvgIpc) is 2.81. The largest absolute Gasteiger partial charge is 0.323 e. The Bertz CT molecular complexity index is 541. The van der Waals surface area contributed by atoms with Gasteiger partial charge in [-0.1, -0.05) is 28.1 Å². The van der Waals surface area contributed by atoms with E-state index in [9.17, 15) is 4.39 Å². The molecule has 0 aliphatic rings. The van der Waals surface area contributed by atoms with Crippen LogP contribution in [0, 0.1) is 5.82 Å². The summed E-state index contributed by atoms with van der Waals surface area (Å²) in [5, 5.41) is 7.94. The molecule has 0 radical (unpaired) electrons. The Balaban J connectivity index is 2.18. The highest BCUT2D eigenvalue weighted by Gasteiger charge is 2.10. The fourth-order valence-corrected chi connectivity index (χ4v) is 2.02. The SMILES string of the molecule is CCC(N)c1cn(Cc2cc(Br)ccc2F)nn1. The van der Waals surface area contributed by atoms with Crippen molar-refractivity contribution in [1.82, 2.24) is 15.0 Å². The summed E-state index contributed by atoms with van der Waals surface area (Å²) in [6, 6.07) is 4.70. The molecule has 2 N–H and O–H groups in total. The molecule has 1 heterocycles. The van der Waals surface area contributed by atoms with E-state index >= 15 is 0 Å². The second-order valence-electron chi connectivity index (χ2n) is 4.09. The van der Waals surface area contributed by atoms with Crippen molar-refractivity contribution in [2.24, 2.45) is 5.73 Å². The van der Waals surface area contributed by atoms with Crippen molar-refractivity contribution < 1.29 is 4.39 Å². The number of rotatable bonds is 4. The maximum Gasteiger partial charge on any atom is 0.128 e. The van der Waals surface area contributed by atoms with Gasteiger partial charge in [0.25, 0.3) is 0 Å². The summed E-state index contributed by atoms with van der Waals surface area (Å²) in [5.74, 6) is -0.255. The van der Waals surface area contributed by atoms with Gasteiger partial charge in [-0.15, -0.1) is 5.10 Å². The fraction of sp³-hybridized carbons (Fsp3) is 0.333. The molecule has 1 aromatic heterocycles. The molecule has 2 aromatic rings. The Hall–Kier alpha value is -1.27. The first-order valence-electron chi connectivity index (χ1n) is 5.69. The lowest BCUT2D eigenvalue weighted by atomic mass is 10.2. The smallest absolute Gasteiger partial charge is 0.128 e. The Morgan fingerprint density at radius 3 is 3.00 bits per heavy atom. The number of nitrogens with two attached hydrogens (primary N) is 1. The van der Waals surface area contributed by atoms with Crippen molar-refractivity contribution in [2.75, 3.05) is 0 Å². The van der Waals surface area contributed by atoms with E-state index in [4.69, 9.17) is 5.73 Å². The highest BCUT2D eigenvalue weighted by Crippen LogP contribution is 2.17. The first-order chi connectivity index (χ1) is 8.60. The minimum atomic E-state index is -0.255. The number of nitrogens with zero attached hydrogens (tertiary/aromatic N) is 3. The van der Waals surface area contributed by atoms with Crippen molar-refractivity contribution >= 4 is 15.9 Å². The van der Waals surface area contributed by atoms with Crippen LogP contribution >= 0.6 is 15.9 Å². The van der Waals surface area contributed by atoms with Gasteiger partial charge in [-0.25, -0.2) is 9.07 Å². The molecule has 0 aliphatic heterocycles. The minimum Gasteiger partial charge on any atom is -0.323 e. The predicted molar refractivity (Wildman–Crippen MR) is 70.4 cm³/mol. The third-order valence-electron chi connectivity index (χ3n) is 2.72. The molecule has 0 bridgehead atoms. The zero-order chi connectivity index (χ0) is 13.1. The van der Waals surface area contributed by atoms with Crippen LogP contribution in [-0.4, -0.2) is 15.0 Å². The van der Waals surface area contributed by atoms with E-state index in [1.807, 2.05) is 6.92 Å². The van der Waals surface area contributed by atoms with E-state index in [1.54, 1.807) is 23.0 Å². The summed E-state index contributed by atoms with van der Waals surface area (Å²) in [7, 11) is 0. The van der Waals surface area contributed by atoms with Gasteiger partial charge in [0.1, 0.15) is 5.82 Å². The second-order valence-corrected chi connectivity index (χ2v) is 5.01. The van der Waals surface area contributed by atoms with Crippen molar-refractivity contribution in [2.45, 2.75) is 25.9 Å². The zero-order valence-corrected chi connectivity index (χ0v) is 11.6. The van der Waals surface area contributed by atoms with Gasteiger partial charge in [0.2, 0.25) is 0 Å². The van der Waals surface area contributed by atoms with E-state index in [0.29, 0.717) is 12.1 Å². The molecule has 0 saturated carbocycles. The van der Waals surface area contributed by atoms with Crippen LogP contribution in [0.4, 0.5) is 4.39 Å². The monoisotopic (exact) mass is 312 g/mol. The number of hydrogen-bond donors (Lipinski definition) is 1. The number of aromatic nitrogens is 3. The highest BCUT2D eigenvalue weighted by atomic mass is 79.9. The number of halogens is 2. The van der Waals surface area contributed by atoms with Crippen LogP contribution in [-0.2, 0) is 6.54 Å². The number of benzene rings is 1. The summed E-state index contributed by atoms with van der Waals surface area (Å²) in [6.07, 6.45) is 2.55. The lowest BCUT2D eigenvalue weighted by molar-refractivity contribution is 0.576. The molecule has 0 spiro atoms. The Morgan fingerprint density at radius 2 is 2.28 bits per heavy atom. The summed E-state index contributed by atoms with van der Waals surface area (Å²) >= 11 is 3.32.